The number of epoxide rings is 1. The van der Waals surface area contributed by atoms with Gasteiger partial charge in [-0.05, 0) is 30.7 Å². The largest absolute Gasteiger partial charge is 0.346 e. The van der Waals surface area contributed by atoms with E-state index in [1.807, 2.05) is 25.1 Å². The summed E-state index contributed by atoms with van der Waals surface area (Å²) in [5.41, 5.74) is 8.57. The minimum absolute atomic E-state index is 0.245. The number of anilines is 1. The molecule has 0 amide bonds. The third-order valence-electron chi connectivity index (χ3n) is 3.25. The van der Waals surface area contributed by atoms with Gasteiger partial charge in [0.15, 0.2) is 6.23 Å². The lowest BCUT2D eigenvalue weighted by molar-refractivity contribution is 0.353. The molecule has 20 heavy (non-hydrogen) atoms. The average molecular weight is 293 g/mol. The Bertz CT molecular complexity index is 635. The molecule has 2 aromatic rings. The van der Waals surface area contributed by atoms with Gasteiger partial charge in [0, 0.05) is 10.6 Å². The lowest BCUT2D eigenvalue weighted by Crippen LogP contribution is -2.25. The maximum absolute atomic E-state index is 13.6. The Morgan fingerprint density at radius 3 is 2.80 bits per heavy atom. The summed E-state index contributed by atoms with van der Waals surface area (Å²) in [7, 11) is 0. The summed E-state index contributed by atoms with van der Waals surface area (Å²) in [5, 5.41) is 0.655. The van der Waals surface area contributed by atoms with Gasteiger partial charge in [-0.25, -0.2) is 9.82 Å². The number of hydrogen-bond acceptors (Lipinski definition) is 3. The summed E-state index contributed by atoms with van der Waals surface area (Å²) >= 11 is 5.94. The highest BCUT2D eigenvalue weighted by Gasteiger charge is 2.41. The predicted octanol–water partition coefficient (Wildman–Crippen LogP) is 3.80. The van der Waals surface area contributed by atoms with Crippen molar-refractivity contribution in [3.63, 3.8) is 0 Å². The van der Waals surface area contributed by atoms with E-state index in [4.69, 9.17) is 16.3 Å². The third-order valence-corrected chi connectivity index (χ3v) is 3.49. The summed E-state index contributed by atoms with van der Waals surface area (Å²) in [4.78, 5) is 0. The second-order valence-corrected chi connectivity index (χ2v) is 5.16. The topological polar surface area (TPSA) is 36.6 Å². The van der Waals surface area contributed by atoms with Crippen LogP contribution in [0.4, 0.5) is 10.1 Å². The number of rotatable bonds is 4. The van der Waals surface area contributed by atoms with Gasteiger partial charge in [0.25, 0.3) is 0 Å². The first-order valence-corrected chi connectivity index (χ1v) is 6.70. The molecule has 0 radical (unpaired) electrons. The first-order valence-electron chi connectivity index (χ1n) is 6.33. The quantitative estimate of drug-likeness (QED) is 0.665. The normalized spacial score (nSPS) is 20.8. The number of halogens is 2. The Kier molecular flexibility index (Phi) is 3.61. The van der Waals surface area contributed by atoms with E-state index in [0.717, 1.165) is 11.3 Å². The van der Waals surface area contributed by atoms with Crippen molar-refractivity contribution in [1.82, 2.24) is 5.43 Å². The van der Waals surface area contributed by atoms with Gasteiger partial charge in [-0.2, -0.15) is 0 Å². The monoisotopic (exact) mass is 292 g/mol. The molecule has 1 heterocycles. The fraction of sp³-hybridized carbons (Fsp3) is 0.200. The van der Waals surface area contributed by atoms with Gasteiger partial charge in [0.1, 0.15) is 11.9 Å². The Hall–Kier alpha value is -1.62. The Labute approximate surface area is 121 Å². The van der Waals surface area contributed by atoms with Gasteiger partial charge < -0.3 is 10.2 Å². The van der Waals surface area contributed by atoms with Crippen molar-refractivity contribution in [2.24, 2.45) is 0 Å². The molecule has 2 unspecified atom stereocenters. The molecule has 1 fully saturated rings. The Balaban J connectivity index is 1.62. The molecule has 1 saturated heterocycles. The van der Waals surface area contributed by atoms with Gasteiger partial charge in [-0.3, -0.25) is 0 Å². The van der Waals surface area contributed by atoms with Crippen LogP contribution in [-0.2, 0) is 4.74 Å². The number of nitrogens with one attached hydrogen (secondary N) is 2. The number of hydrazine groups is 1. The van der Waals surface area contributed by atoms with E-state index in [1.165, 1.54) is 6.07 Å². The second kappa shape index (κ2) is 5.40. The summed E-state index contributed by atoms with van der Waals surface area (Å²) in [6.45, 7) is 1.97. The van der Waals surface area contributed by atoms with Gasteiger partial charge >= 0.3 is 0 Å². The van der Waals surface area contributed by atoms with Crippen molar-refractivity contribution in [2.45, 2.75) is 19.3 Å². The number of hydrogen-bond donors (Lipinski definition) is 2. The smallest absolute Gasteiger partial charge is 0.156 e. The first-order chi connectivity index (χ1) is 9.65. The van der Waals surface area contributed by atoms with Crippen molar-refractivity contribution in [3.05, 3.63) is 64.4 Å². The van der Waals surface area contributed by atoms with Crippen LogP contribution in [0.3, 0.4) is 0 Å². The molecule has 2 atom stereocenters. The molecule has 2 aromatic carbocycles. The maximum atomic E-state index is 13.6. The Morgan fingerprint density at radius 1 is 1.20 bits per heavy atom. The van der Waals surface area contributed by atoms with E-state index in [2.05, 4.69) is 10.9 Å². The van der Waals surface area contributed by atoms with E-state index >= 15 is 0 Å². The highest BCUT2D eigenvalue weighted by Crippen LogP contribution is 2.38. The molecule has 1 aliphatic heterocycles. The number of benzene rings is 2. The van der Waals surface area contributed by atoms with Crippen molar-refractivity contribution < 1.29 is 9.13 Å². The fourth-order valence-corrected chi connectivity index (χ4v) is 2.21. The molecule has 2 N–H and O–H groups in total. The summed E-state index contributed by atoms with van der Waals surface area (Å²) in [5.74, 6) is -0.249. The van der Waals surface area contributed by atoms with E-state index in [9.17, 15) is 4.39 Å². The molecule has 0 saturated carbocycles. The molecule has 0 spiro atoms. The van der Waals surface area contributed by atoms with Crippen molar-refractivity contribution >= 4 is 17.3 Å². The van der Waals surface area contributed by atoms with E-state index < -0.39 is 0 Å². The molecule has 3 nitrogen and oxygen atoms in total. The van der Waals surface area contributed by atoms with Crippen molar-refractivity contribution in [1.29, 1.82) is 0 Å². The van der Waals surface area contributed by atoms with Crippen LogP contribution in [-0.4, -0.2) is 6.23 Å². The molecule has 3 rings (SSSR count). The lowest BCUT2D eigenvalue weighted by Gasteiger charge is -2.09. The number of ether oxygens (including phenoxy) is 1. The summed E-state index contributed by atoms with van der Waals surface area (Å²) in [6, 6.07) is 12.2. The van der Waals surface area contributed by atoms with Gasteiger partial charge in [0.2, 0.25) is 0 Å². The molecule has 0 bridgehead atoms. The zero-order chi connectivity index (χ0) is 14.1. The van der Waals surface area contributed by atoms with E-state index in [0.29, 0.717) is 10.6 Å². The molecular weight excluding hydrogens is 279 g/mol. The molecule has 0 aliphatic carbocycles. The van der Waals surface area contributed by atoms with Crippen LogP contribution in [0.15, 0.2) is 42.5 Å². The van der Waals surface area contributed by atoms with Crippen molar-refractivity contribution in [2.75, 3.05) is 5.43 Å². The van der Waals surface area contributed by atoms with Crippen LogP contribution in [0.5, 0.6) is 0 Å². The fourth-order valence-electron chi connectivity index (χ4n) is 2.04. The summed E-state index contributed by atoms with van der Waals surface area (Å²) < 4.78 is 19.0. The minimum Gasteiger partial charge on any atom is -0.346 e. The van der Waals surface area contributed by atoms with Crippen LogP contribution < -0.4 is 10.9 Å². The van der Waals surface area contributed by atoms with Crippen LogP contribution >= 0.6 is 11.6 Å². The van der Waals surface area contributed by atoms with Gasteiger partial charge in [-0.1, -0.05) is 35.9 Å². The molecule has 1 aliphatic rings. The second-order valence-electron chi connectivity index (χ2n) is 4.73. The zero-order valence-corrected chi connectivity index (χ0v) is 11.6. The standard InChI is InChI=1S/C15H14ClFN2O/c1-9-6-7-10(16)8-13(9)18-19-15-14(20-15)11-4-2-3-5-12(11)17/h2-8,14-15,18-19H,1H3. The molecular formula is C15H14ClFN2O. The predicted molar refractivity (Wildman–Crippen MR) is 77.0 cm³/mol. The van der Waals surface area contributed by atoms with Gasteiger partial charge in [-0.15, -0.1) is 0 Å². The lowest BCUT2D eigenvalue weighted by atomic mass is 10.1. The van der Waals surface area contributed by atoms with E-state index in [-0.39, 0.29) is 18.1 Å². The van der Waals surface area contributed by atoms with Crippen LogP contribution in [0.1, 0.15) is 17.2 Å². The highest BCUT2D eigenvalue weighted by atomic mass is 35.5. The molecule has 0 aromatic heterocycles. The summed E-state index contributed by atoms with van der Waals surface area (Å²) in [6.07, 6.45) is -0.506. The Morgan fingerprint density at radius 2 is 2.00 bits per heavy atom. The van der Waals surface area contributed by atoms with Crippen molar-refractivity contribution in [3.8, 4) is 0 Å². The van der Waals surface area contributed by atoms with Gasteiger partial charge in [0.05, 0.1) is 5.69 Å². The SMILES string of the molecule is Cc1ccc(Cl)cc1NNC1OC1c1ccccc1F. The molecule has 104 valence electrons. The molecule has 5 heteroatoms. The first kappa shape index (κ1) is 13.4. The minimum atomic E-state index is -0.261. The van der Waals surface area contributed by atoms with Crippen LogP contribution in [0, 0.1) is 12.7 Å². The maximum Gasteiger partial charge on any atom is 0.156 e. The third kappa shape index (κ3) is 2.77. The average Bonchev–Trinajstić information content (AvgIpc) is 3.20. The number of aryl methyl sites for hydroxylation is 1. The highest BCUT2D eigenvalue weighted by molar-refractivity contribution is 6.30. The van der Waals surface area contributed by atoms with Crippen LogP contribution in [0.2, 0.25) is 5.02 Å². The van der Waals surface area contributed by atoms with E-state index in [1.54, 1.807) is 18.2 Å². The zero-order valence-electron chi connectivity index (χ0n) is 10.9. The van der Waals surface area contributed by atoms with Crippen LogP contribution in [0.25, 0.3) is 0 Å².